The summed E-state index contributed by atoms with van der Waals surface area (Å²) in [4.78, 5) is 21.4. The number of carbonyl (C=O) groups excluding carboxylic acids is 1. The van der Waals surface area contributed by atoms with Crippen LogP contribution >= 0.6 is 0 Å². The molecule has 1 aliphatic heterocycles. The lowest BCUT2D eigenvalue weighted by Gasteiger charge is -2.17. The van der Waals surface area contributed by atoms with Crippen LogP contribution < -0.4 is 10.6 Å². The fraction of sp³-hybridized carbons (Fsp3) is 0.458. The van der Waals surface area contributed by atoms with E-state index in [9.17, 15) is 15.0 Å². The summed E-state index contributed by atoms with van der Waals surface area (Å²) in [6.45, 7) is 1.82. The quantitative estimate of drug-likeness (QED) is 0.453. The van der Waals surface area contributed by atoms with Gasteiger partial charge in [-0.2, -0.15) is 0 Å². The van der Waals surface area contributed by atoms with Crippen LogP contribution in [0.3, 0.4) is 0 Å². The number of fused-ring (bicyclic) bond motifs is 1. The molecule has 33 heavy (non-hydrogen) atoms. The summed E-state index contributed by atoms with van der Waals surface area (Å²) in [5, 5.41) is 27.8. The highest BCUT2D eigenvalue weighted by Gasteiger charge is 2.42. The minimum atomic E-state index is -1.09. The molecule has 1 aromatic carbocycles. The number of nitrogens with one attached hydrogen (secondary N) is 2. The minimum Gasteiger partial charge on any atom is -0.388 e. The Morgan fingerprint density at radius 3 is 2.61 bits per heavy atom. The van der Waals surface area contributed by atoms with E-state index in [0.717, 1.165) is 42.2 Å². The normalized spacial score (nSPS) is 25.5. The molecule has 0 bridgehead atoms. The Hall–Kier alpha value is -3.01. The third-order valence-corrected chi connectivity index (χ3v) is 6.58. The van der Waals surface area contributed by atoms with E-state index in [-0.39, 0.29) is 18.5 Å². The highest BCUT2D eigenvalue weighted by molar-refractivity contribution is 6.02. The molecule has 0 unspecified atom stereocenters. The van der Waals surface area contributed by atoms with Crippen molar-refractivity contribution in [3.8, 4) is 11.1 Å². The molecule has 3 aromatic rings. The first-order valence-corrected chi connectivity index (χ1v) is 11.5. The third kappa shape index (κ3) is 4.19. The van der Waals surface area contributed by atoms with Gasteiger partial charge in [0.25, 0.3) is 0 Å². The maximum atomic E-state index is 12.5. The number of anilines is 1. The van der Waals surface area contributed by atoms with E-state index in [1.807, 2.05) is 36.5 Å². The van der Waals surface area contributed by atoms with Gasteiger partial charge in [-0.3, -0.25) is 4.79 Å². The first-order chi connectivity index (χ1) is 16.0. The number of aromatic nitrogens is 3. The van der Waals surface area contributed by atoms with Crippen LogP contribution in [0.1, 0.15) is 38.8 Å². The molecule has 0 radical (unpaired) electrons. The summed E-state index contributed by atoms with van der Waals surface area (Å²) in [6, 6.07) is 10.0. The number of aliphatic hydroxyl groups is 2. The zero-order valence-electron chi connectivity index (χ0n) is 18.5. The van der Waals surface area contributed by atoms with Gasteiger partial charge in [0, 0.05) is 17.8 Å². The topological polar surface area (TPSA) is 122 Å². The first-order valence-electron chi connectivity index (χ1n) is 11.5. The lowest BCUT2D eigenvalue weighted by molar-refractivity contribution is -0.120. The van der Waals surface area contributed by atoms with Crippen LogP contribution in [-0.2, 0) is 9.53 Å². The monoisotopic (exact) mass is 451 g/mol. The van der Waals surface area contributed by atoms with Gasteiger partial charge in [0.15, 0.2) is 6.23 Å². The van der Waals surface area contributed by atoms with Crippen molar-refractivity contribution in [2.75, 3.05) is 11.9 Å². The van der Waals surface area contributed by atoms with Gasteiger partial charge in [-0.1, -0.05) is 43.2 Å². The largest absolute Gasteiger partial charge is 0.388 e. The molecule has 9 heteroatoms. The van der Waals surface area contributed by atoms with Crippen LogP contribution in [0.5, 0.6) is 0 Å². The molecule has 2 aromatic heterocycles. The maximum Gasteiger partial charge on any atom is 0.239 e. The van der Waals surface area contributed by atoms with Crippen LogP contribution in [-0.4, -0.2) is 61.6 Å². The molecular weight excluding hydrogens is 422 g/mol. The molecule has 2 aliphatic rings. The van der Waals surface area contributed by atoms with Gasteiger partial charge in [0.05, 0.1) is 18.0 Å². The average molecular weight is 452 g/mol. The Labute approximate surface area is 191 Å². The summed E-state index contributed by atoms with van der Waals surface area (Å²) in [7, 11) is 0. The Morgan fingerprint density at radius 2 is 1.91 bits per heavy atom. The van der Waals surface area contributed by atoms with Crippen LogP contribution in [0, 0.1) is 0 Å². The summed E-state index contributed by atoms with van der Waals surface area (Å²) in [5.41, 5.74) is 2.33. The van der Waals surface area contributed by atoms with Crippen LogP contribution in [0.15, 0.2) is 42.9 Å². The Balaban J connectivity index is 1.51. The van der Waals surface area contributed by atoms with E-state index in [0.29, 0.717) is 11.5 Å². The van der Waals surface area contributed by atoms with Crippen molar-refractivity contribution in [2.24, 2.45) is 0 Å². The summed E-state index contributed by atoms with van der Waals surface area (Å²) < 4.78 is 7.60. The summed E-state index contributed by atoms with van der Waals surface area (Å²) in [5.74, 6) is 0.459. The number of nitrogens with zero attached hydrogens (tertiary/aromatic N) is 3. The second-order valence-corrected chi connectivity index (χ2v) is 8.85. The SMILES string of the molecule is C[C@H]1O[C@@H](n2cc(-c3ccccc3)c3c(NCC(=O)NC4CCCC4)ncnc32)[C@H](O)[C@@H]1O. The van der Waals surface area contributed by atoms with E-state index in [2.05, 4.69) is 20.6 Å². The smallest absolute Gasteiger partial charge is 0.239 e. The van der Waals surface area contributed by atoms with Gasteiger partial charge in [0.1, 0.15) is 30.0 Å². The van der Waals surface area contributed by atoms with Crippen molar-refractivity contribution in [1.82, 2.24) is 19.9 Å². The van der Waals surface area contributed by atoms with Crippen molar-refractivity contribution >= 4 is 22.8 Å². The maximum absolute atomic E-state index is 12.5. The predicted molar refractivity (Wildman–Crippen MR) is 123 cm³/mol. The van der Waals surface area contributed by atoms with Gasteiger partial charge in [-0.15, -0.1) is 0 Å². The number of benzene rings is 1. The van der Waals surface area contributed by atoms with Crippen molar-refractivity contribution < 1.29 is 19.7 Å². The molecule has 1 aliphatic carbocycles. The highest BCUT2D eigenvalue weighted by Crippen LogP contribution is 2.38. The number of aliphatic hydroxyl groups excluding tert-OH is 2. The molecule has 2 fully saturated rings. The molecule has 4 N–H and O–H groups in total. The van der Waals surface area contributed by atoms with Gasteiger partial charge in [0.2, 0.25) is 5.91 Å². The Bertz CT molecular complexity index is 1130. The zero-order valence-corrected chi connectivity index (χ0v) is 18.5. The molecular formula is C24H29N5O4. The van der Waals surface area contributed by atoms with Crippen molar-refractivity contribution in [3.63, 3.8) is 0 Å². The molecule has 174 valence electrons. The number of carbonyl (C=O) groups is 1. The highest BCUT2D eigenvalue weighted by atomic mass is 16.6. The lowest BCUT2D eigenvalue weighted by Crippen LogP contribution is -2.36. The third-order valence-electron chi connectivity index (χ3n) is 6.58. The molecule has 0 spiro atoms. The number of ether oxygens (including phenoxy) is 1. The average Bonchev–Trinajstić information content (AvgIpc) is 3.54. The van der Waals surface area contributed by atoms with E-state index < -0.39 is 24.5 Å². The molecule has 1 saturated heterocycles. The standard InChI is InChI=1S/C24H29N5O4/c1-14-20(31)21(32)24(33-14)29-12-17(15-7-3-2-4-8-15)19-22(26-13-27-23(19)29)25-11-18(30)28-16-9-5-6-10-16/h2-4,7-8,12-14,16,20-21,24,31-32H,5-6,9-11H2,1H3,(H,28,30)(H,25,26,27)/t14-,20-,21-,24-/m1/s1. The number of amides is 1. The number of hydrogen-bond donors (Lipinski definition) is 4. The lowest BCUT2D eigenvalue weighted by atomic mass is 10.1. The fourth-order valence-electron chi connectivity index (χ4n) is 4.82. The van der Waals surface area contributed by atoms with Crippen molar-refractivity contribution in [3.05, 3.63) is 42.9 Å². The molecule has 1 amide bonds. The van der Waals surface area contributed by atoms with Crippen LogP contribution in [0.25, 0.3) is 22.2 Å². The Kier molecular flexibility index (Phi) is 6.01. The van der Waals surface area contributed by atoms with Gasteiger partial charge >= 0.3 is 0 Å². The second-order valence-electron chi connectivity index (χ2n) is 8.85. The van der Waals surface area contributed by atoms with E-state index >= 15 is 0 Å². The second kappa shape index (κ2) is 9.09. The summed E-state index contributed by atoms with van der Waals surface area (Å²) in [6.07, 6.45) is 4.25. The molecule has 3 heterocycles. The van der Waals surface area contributed by atoms with E-state index in [1.54, 1.807) is 11.5 Å². The van der Waals surface area contributed by atoms with E-state index in [4.69, 9.17) is 4.74 Å². The van der Waals surface area contributed by atoms with E-state index in [1.165, 1.54) is 6.33 Å². The molecule has 4 atom stereocenters. The zero-order chi connectivity index (χ0) is 22.9. The van der Waals surface area contributed by atoms with Crippen molar-refractivity contribution in [2.45, 2.75) is 63.2 Å². The Morgan fingerprint density at radius 1 is 1.15 bits per heavy atom. The van der Waals surface area contributed by atoms with Crippen molar-refractivity contribution in [1.29, 1.82) is 0 Å². The van der Waals surface area contributed by atoms with Gasteiger partial charge in [-0.25, -0.2) is 9.97 Å². The van der Waals surface area contributed by atoms with Gasteiger partial charge in [-0.05, 0) is 25.3 Å². The molecule has 1 saturated carbocycles. The van der Waals surface area contributed by atoms with Gasteiger partial charge < -0.3 is 30.2 Å². The van der Waals surface area contributed by atoms with Crippen LogP contribution in [0.2, 0.25) is 0 Å². The van der Waals surface area contributed by atoms with Crippen LogP contribution in [0.4, 0.5) is 5.82 Å². The fourth-order valence-corrected chi connectivity index (χ4v) is 4.82. The number of rotatable bonds is 6. The predicted octanol–water partition coefficient (Wildman–Crippen LogP) is 2.21. The first kappa shape index (κ1) is 21.8. The molecule has 9 nitrogen and oxygen atoms in total. The molecule has 5 rings (SSSR count). The minimum absolute atomic E-state index is 0.0687. The summed E-state index contributed by atoms with van der Waals surface area (Å²) >= 11 is 0. The number of hydrogen-bond acceptors (Lipinski definition) is 7.